The highest BCUT2D eigenvalue weighted by Crippen LogP contribution is 2.24. The van der Waals surface area contributed by atoms with E-state index in [1.165, 1.54) is 14.2 Å². The van der Waals surface area contributed by atoms with Gasteiger partial charge in [-0.2, -0.15) is 0 Å². The van der Waals surface area contributed by atoms with Gasteiger partial charge < -0.3 is 19.0 Å². The summed E-state index contributed by atoms with van der Waals surface area (Å²) in [6, 6.07) is 9.21. The number of halogens is 1. The first-order chi connectivity index (χ1) is 15.1. The lowest BCUT2D eigenvalue weighted by Gasteiger charge is -2.02. The van der Waals surface area contributed by atoms with Crippen LogP contribution in [0, 0.1) is 27.7 Å². The maximum absolute atomic E-state index is 11.3. The van der Waals surface area contributed by atoms with Crippen molar-refractivity contribution >= 4 is 45.1 Å². The van der Waals surface area contributed by atoms with Gasteiger partial charge in [-0.3, -0.25) is 9.59 Å². The molecule has 0 saturated carbocycles. The van der Waals surface area contributed by atoms with Gasteiger partial charge in [0.2, 0.25) is 5.76 Å². The largest absolute Gasteiger partial charge is 0.507 e. The van der Waals surface area contributed by atoms with Crippen LogP contribution in [0.3, 0.4) is 0 Å². The summed E-state index contributed by atoms with van der Waals surface area (Å²) in [5, 5.41) is 10.5. The Bertz CT molecular complexity index is 1090. The van der Waals surface area contributed by atoms with Crippen LogP contribution in [0.1, 0.15) is 43.2 Å². The highest BCUT2D eigenvalue weighted by atomic mass is 79.9. The zero-order chi connectivity index (χ0) is 24.4. The summed E-state index contributed by atoms with van der Waals surface area (Å²) in [5.74, 6) is -0.343. The van der Waals surface area contributed by atoms with Crippen molar-refractivity contribution in [2.24, 2.45) is 0 Å². The second-order valence-electron chi connectivity index (χ2n) is 6.95. The van der Waals surface area contributed by atoms with Crippen LogP contribution in [0.4, 0.5) is 0 Å². The molecule has 2 aromatic carbocycles. The molecular formula is C24H27BrO7. The highest BCUT2D eigenvalue weighted by Gasteiger charge is 2.13. The van der Waals surface area contributed by atoms with Crippen LogP contribution in [0.5, 0.6) is 5.75 Å². The molecule has 3 aromatic rings. The predicted octanol–water partition coefficient (Wildman–Crippen LogP) is 5.21. The molecule has 1 N–H and O–H groups in total. The molecule has 1 heterocycles. The van der Waals surface area contributed by atoms with Crippen molar-refractivity contribution in [3.05, 3.63) is 63.9 Å². The second kappa shape index (κ2) is 12.7. The summed E-state index contributed by atoms with van der Waals surface area (Å²) in [6.45, 7) is 7.63. The Balaban J connectivity index is 0.000000265. The fourth-order valence-electron chi connectivity index (χ4n) is 2.85. The number of phenolic OH excluding ortho intramolecular Hbond substituents is 1. The molecule has 3 rings (SSSR count). The molecular weight excluding hydrogens is 480 g/mol. The Labute approximate surface area is 195 Å². The molecule has 0 aliphatic heterocycles. The number of alkyl halides is 1. The van der Waals surface area contributed by atoms with Gasteiger partial charge in [-0.25, -0.2) is 4.79 Å². The molecule has 0 atom stereocenters. The third-order valence-electron chi connectivity index (χ3n) is 4.27. The van der Waals surface area contributed by atoms with E-state index >= 15 is 0 Å². The summed E-state index contributed by atoms with van der Waals surface area (Å²) in [5.41, 5.74) is 5.02. The number of aldehydes is 1. The summed E-state index contributed by atoms with van der Waals surface area (Å²) in [6.07, 6.45) is 0.662. The Morgan fingerprint density at radius 3 is 2.06 bits per heavy atom. The maximum atomic E-state index is 11.3. The molecule has 8 heteroatoms. The van der Waals surface area contributed by atoms with Crippen LogP contribution in [0.2, 0.25) is 0 Å². The zero-order valence-electron chi connectivity index (χ0n) is 18.9. The minimum absolute atomic E-state index is 0.0885. The van der Waals surface area contributed by atoms with E-state index in [0.717, 1.165) is 33.2 Å². The van der Waals surface area contributed by atoms with Crippen LogP contribution in [0.25, 0.3) is 11.0 Å². The standard InChI is InChI=1S/C12H12O3.C9H10O2.C3H5BrO2/c1-7-4-8(2)11-9(5-7)6-10(15-11)12(13)14-3;1-6-3-7(2)9(11)8(4-6)5-10;1-6-3(5)2-4/h4-6H,1-3H3;3-5,11H,1-2H3;2H2,1H3. The average molecular weight is 507 g/mol. The number of aryl methyl sites for hydroxylation is 4. The Kier molecular flexibility index (Phi) is 10.6. The molecule has 0 fully saturated rings. The van der Waals surface area contributed by atoms with E-state index in [0.29, 0.717) is 11.8 Å². The number of furan rings is 1. The van der Waals surface area contributed by atoms with Gasteiger partial charge in [0.1, 0.15) is 16.7 Å². The van der Waals surface area contributed by atoms with Crippen molar-refractivity contribution in [1.29, 1.82) is 0 Å². The molecule has 0 bridgehead atoms. The van der Waals surface area contributed by atoms with Crippen molar-refractivity contribution in [3.8, 4) is 5.75 Å². The van der Waals surface area contributed by atoms with Crippen molar-refractivity contribution in [2.75, 3.05) is 19.5 Å². The molecule has 0 aliphatic rings. The first kappa shape index (κ1) is 26.9. The van der Waals surface area contributed by atoms with Gasteiger partial charge in [0, 0.05) is 5.39 Å². The number of phenols is 1. The fraction of sp³-hybridized carbons (Fsp3) is 0.292. The molecule has 0 spiro atoms. The fourth-order valence-corrected chi connectivity index (χ4v) is 3.08. The van der Waals surface area contributed by atoms with Gasteiger partial charge in [-0.05, 0) is 68.1 Å². The lowest BCUT2D eigenvalue weighted by Crippen LogP contribution is -1.99. The number of aromatic hydroxyl groups is 1. The van der Waals surface area contributed by atoms with Crippen LogP contribution in [-0.4, -0.2) is 42.9 Å². The molecule has 0 aliphatic carbocycles. The molecule has 1 aromatic heterocycles. The van der Waals surface area contributed by atoms with Crippen molar-refractivity contribution in [2.45, 2.75) is 27.7 Å². The number of carbonyl (C=O) groups is 3. The van der Waals surface area contributed by atoms with Gasteiger partial charge in [0.25, 0.3) is 0 Å². The molecule has 7 nitrogen and oxygen atoms in total. The van der Waals surface area contributed by atoms with Crippen LogP contribution in [-0.2, 0) is 14.3 Å². The van der Waals surface area contributed by atoms with Gasteiger partial charge in [-0.15, -0.1) is 0 Å². The minimum atomic E-state index is -0.441. The van der Waals surface area contributed by atoms with E-state index in [2.05, 4.69) is 25.4 Å². The maximum Gasteiger partial charge on any atom is 0.373 e. The second-order valence-corrected chi connectivity index (χ2v) is 7.51. The molecule has 0 saturated heterocycles. The SMILES string of the molecule is COC(=O)CBr.COC(=O)c1cc2cc(C)cc(C)c2o1.Cc1cc(C)c(O)c(C=O)c1. The monoisotopic (exact) mass is 506 g/mol. The van der Waals surface area contributed by atoms with E-state index in [1.54, 1.807) is 19.1 Å². The number of esters is 2. The van der Waals surface area contributed by atoms with Gasteiger partial charge >= 0.3 is 11.9 Å². The van der Waals surface area contributed by atoms with Crippen LogP contribution >= 0.6 is 15.9 Å². The third-order valence-corrected chi connectivity index (χ3v) is 4.73. The predicted molar refractivity (Wildman–Crippen MR) is 126 cm³/mol. The van der Waals surface area contributed by atoms with Crippen molar-refractivity contribution in [1.82, 2.24) is 0 Å². The Morgan fingerprint density at radius 2 is 1.56 bits per heavy atom. The van der Waals surface area contributed by atoms with E-state index in [4.69, 9.17) is 4.42 Å². The number of ether oxygens (including phenoxy) is 2. The van der Waals surface area contributed by atoms with Crippen molar-refractivity contribution < 1.29 is 33.4 Å². The summed E-state index contributed by atoms with van der Waals surface area (Å²) >= 11 is 2.90. The average Bonchev–Trinajstić information content (AvgIpc) is 3.20. The number of rotatable bonds is 3. The Hall–Kier alpha value is -3.13. The van der Waals surface area contributed by atoms with Gasteiger partial charge in [0.15, 0.2) is 6.29 Å². The number of methoxy groups -OCH3 is 2. The molecule has 172 valence electrons. The zero-order valence-corrected chi connectivity index (χ0v) is 20.5. The van der Waals surface area contributed by atoms with Gasteiger partial charge in [0.05, 0.1) is 19.8 Å². The number of fused-ring (bicyclic) bond motifs is 1. The van der Waals surface area contributed by atoms with E-state index in [9.17, 15) is 19.5 Å². The lowest BCUT2D eigenvalue weighted by molar-refractivity contribution is -0.137. The molecule has 0 unspecified atom stereocenters. The van der Waals surface area contributed by atoms with E-state index in [1.807, 2.05) is 39.0 Å². The van der Waals surface area contributed by atoms with Crippen LogP contribution in [0.15, 0.2) is 34.7 Å². The Morgan fingerprint density at radius 1 is 0.969 bits per heavy atom. The quantitative estimate of drug-likeness (QED) is 0.295. The molecule has 0 radical (unpaired) electrons. The minimum Gasteiger partial charge on any atom is -0.507 e. The summed E-state index contributed by atoms with van der Waals surface area (Å²) in [4.78, 5) is 31.5. The first-order valence-corrected chi connectivity index (χ1v) is 10.7. The lowest BCUT2D eigenvalue weighted by atomic mass is 10.1. The number of benzene rings is 2. The molecule has 32 heavy (non-hydrogen) atoms. The summed E-state index contributed by atoms with van der Waals surface area (Å²) in [7, 11) is 2.69. The number of hydrogen-bond donors (Lipinski definition) is 1. The summed E-state index contributed by atoms with van der Waals surface area (Å²) < 4.78 is 14.2. The number of carbonyl (C=O) groups excluding carboxylic acids is 3. The van der Waals surface area contributed by atoms with Gasteiger partial charge in [-0.1, -0.05) is 28.1 Å². The van der Waals surface area contributed by atoms with E-state index in [-0.39, 0.29) is 22.8 Å². The first-order valence-electron chi connectivity index (χ1n) is 9.55. The normalized spacial score (nSPS) is 9.72. The van der Waals surface area contributed by atoms with Crippen molar-refractivity contribution in [3.63, 3.8) is 0 Å². The van der Waals surface area contributed by atoms with Crippen LogP contribution < -0.4 is 0 Å². The smallest absolute Gasteiger partial charge is 0.373 e. The van der Waals surface area contributed by atoms with E-state index < -0.39 is 5.97 Å². The third kappa shape index (κ3) is 7.53. The number of hydrogen-bond acceptors (Lipinski definition) is 7. The topological polar surface area (TPSA) is 103 Å². The molecule has 0 amide bonds. The highest BCUT2D eigenvalue weighted by molar-refractivity contribution is 9.09.